The SMILES string of the molecule is COc1cc(C)cc(Nc2nc(Nc3ccncc3)c(F)cc2C(N)=O)c1. The molecule has 3 aromatic rings. The number of halogens is 1. The second-order valence-electron chi connectivity index (χ2n) is 5.80. The van der Waals surface area contributed by atoms with Gasteiger partial charge in [0.05, 0.1) is 12.7 Å². The lowest BCUT2D eigenvalue weighted by Crippen LogP contribution is -2.16. The van der Waals surface area contributed by atoms with Gasteiger partial charge in [-0.05, 0) is 42.8 Å². The van der Waals surface area contributed by atoms with Crippen LogP contribution >= 0.6 is 0 Å². The lowest BCUT2D eigenvalue weighted by molar-refractivity contribution is 0.100. The summed E-state index contributed by atoms with van der Waals surface area (Å²) in [6, 6.07) is 9.82. The van der Waals surface area contributed by atoms with E-state index in [1.165, 1.54) is 0 Å². The minimum atomic E-state index is -0.793. The summed E-state index contributed by atoms with van der Waals surface area (Å²) in [5.41, 5.74) is 7.50. The molecule has 1 amide bonds. The fourth-order valence-corrected chi connectivity index (χ4v) is 2.51. The molecule has 8 heteroatoms. The van der Waals surface area contributed by atoms with Gasteiger partial charge in [-0.3, -0.25) is 9.78 Å². The normalized spacial score (nSPS) is 10.3. The van der Waals surface area contributed by atoms with Crippen molar-refractivity contribution >= 4 is 28.9 Å². The van der Waals surface area contributed by atoms with Gasteiger partial charge in [-0.1, -0.05) is 0 Å². The molecule has 0 radical (unpaired) electrons. The molecular weight excluding hydrogens is 349 g/mol. The minimum Gasteiger partial charge on any atom is -0.497 e. The molecule has 0 aliphatic heterocycles. The van der Waals surface area contributed by atoms with Gasteiger partial charge in [0.25, 0.3) is 5.91 Å². The highest BCUT2D eigenvalue weighted by molar-refractivity contribution is 5.98. The Hall–Kier alpha value is -3.68. The monoisotopic (exact) mass is 367 g/mol. The first kappa shape index (κ1) is 18.1. The van der Waals surface area contributed by atoms with Crippen LogP contribution in [0.1, 0.15) is 15.9 Å². The highest BCUT2D eigenvalue weighted by Crippen LogP contribution is 2.28. The number of amides is 1. The number of nitrogens with two attached hydrogens (primary N) is 1. The molecular formula is C19H18FN5O2. The molecule has 0 bridgehead atoms. The number of carbonyl (C=O) groups excluding carboxylic acids is 1. The molecule has 0 spiro atoms. The summed E-state index contributed by atoms with van der Waals surface area (Å²) in [4.78, 5) is 19.9. The van der Waals surface area contributed by atoms with Crippen molar-refractivity contribution in [3.63, 3.8) is 0 Å². The molecule has 0 saturated heterocycles. The van der Waals surface area contributed by atoms with Gasteiger partial charge in [0.15, 0.2) is 11.6 Å². The van der Waals surface area contributed by atoms with Crippen LogP contribution in [0.25, 0.3) is 0 Å². The van der Waals surface area contributed by atoms with E-state index in [1.807, 2.05) is 19.1 Å². The summed E-state index contributed by atoms with van der Waals surface area (Å²) < 4.78 is 19.6. The number of pyridine rings is 2. The van der Waals surface area contributed by atoms with Crippen molar-refractivity contribution in [2.75, 3.05) is 17.7 Å². The zero-order chi connectivity index (χ0) is 19.4. The van der Waals surface area contributed by atoms with E-state index in [1.54, 1.807) is 37.7 Å². The maximum atomic E-state index is 14.4. The number of nitrogens with zero attached hydrogens (tertiary/aromatic N) is 2. The first-order valence-corrected chi connectivity index (χ1v) is 8.06. The predicted molar refractivity (Wildman–Crippen MR) is 101 cm³/mol. The van der Waals surface area contributed by atoms with Crippen molar-refractivity contribution in [2.45, 2.75) is 6.92 Å². The maximum absolute atomic E-state index is 14.4. The van der Waals surface area contributed by atoms with Gasteiger partial charge < -0.3 is 21.1 Å². The third-order valence-corrected chi connectivity index (χ3v) is 3.73. The van der Waals surface area contributed by atoms with Crippen LogP contribution in [-0.2, 0) is 0 Å². The average Bonchev–Trinajstić information content (AvgIpc) is 2.64. The molecule has 2 aromatic heterocycles. The summed E-state index contributed by atoms with van der Waals surface area (Å²) >= 11 is 0. The van der Waals surface area contributed by atoms with Crippen LogP contribution in [0.4, 0.5) is 27.4 Å². The molecule has 7 nitrogen and oxygen atoms in total. The van der Waals surface area contributed by atoms with Crippen LogP contribution in [0.2, 0.25) is 0 Å². The number of ether oxygens (including phenoxy) is 1. The molecule has 138 valence electrons. The third kappa shape index (κ3) is 4.30. The fourth-order valence-electron chi connectivity index (χ4n) is 2.51. The van der Waals surface area contributed by atoms with Crippen molar-refractivity contribution in [3.05, 3.63) is 65.7 Å². The zero-order valence-corrected chi connectivity index (χ0v) is 14.8. The second kappa shape index (κ2) is 7.69. The molecule has 3 rings (SSSR count). The Morgan fingerprint density at radius 1 is 1.07 bits per heavy atom. The Kier molecular flexibility index (Phi) is 5.16. The topological polar surface area (TPSA) is 102 Å². The number of benzene rings is 1. The number of primary amides is 1. The van der Waals surface area contributed by atoms with Gasteiger partial charge in [0, 0.05) is 29.8 Å². The van der Waals surface area contributed by atoms with Crippen molar-refractivity contribution in [2.24, 2.45) is 5.73 Å². The number of carbonyl (C=O) groups is 1. The number of anilines is 4. The van der Waals surface area contributed by atoms with Crippen molar-refractivity contribution in [1.29, 1.82) is 0 Å². The number of rotatable bonds is 6. The van der Waals surface area contributed by atoms with Gasteiger partial charge in [-0.15, -0.1) is 0 Å². The second-order valence-corrected chi connectivity index (χ2v) is 5.80. The molecule has 0 fully saturated rings. The van der Waals surface area contributed by atoms with Crippen molar-refractivity contribution < 1.29 is 13.9 Å². The van der Waals surface area contributed by atoms with E-state index in [0.29, 0.717) is 17.1 Å². The van der Waals surface area contributed by atoms with E-state index in [0.717, 1.165) is 11.6 Å². The smallest absolute Gasteiger partial charge is 0.252 e. The van der Waals surface area contributed by atoms with E-state index in [9.17, 15) is 9.18 Å². The van der Waals surface area contributed by atoms with Crippen LogP contribution in [0, 0.1) is 12.7 Å². The summed E-state index contributed by atoms with van der Waals surface area (Å²) in [5, 5.41) is 5.87. The van der Waals surface area contributed by atoms with Crippen LogP contribution in [-0.4, -0.2) is 23.0 Å². The number of aromatic nitrogens is 2. The first-order valence-electron chi connectivity index (χ1n) is 8.06. The Labute approximate surface area is 155 Å². The molecule has 0 unspecified atom stereocenters. The summed E-state index contributed by atoms with van der Waals surface area (Å²) in [5.74, 6) is -0.774. The molecule has 0 aliphatic carbocycles. The number of nitrogens with one attached hydrogen (secondary N) is 2. The Bertz CT molecular complexity index is 979. The van der Waals surface area contributed by atoms with E-state index >= 15 is 0 Å². The summed E-state index contributed by atoms with van der Waals surface area (Å²) in [6.07, 6.45) is 3.13. The molecule has 4 N–H and O–H groups in total. The van der Waals surface area contributed by atoms with Crippen LogP contribution < -0.4 is 21.1 Å². The first-order chi connectivity index (χ1) is 13.0. The van der Waals surface area contributed by atoms with Gasteiger partial charge in [0.1, 0.15) is 11.6 Å². The zero-order valence-electron chi connectivity index (χ0n) is 14.8. The predicted octanol–water partition coefficient (Wildman–Crippen LogP) is 3.52. The minimum absolute atomic E-state index is 0.0479. The molecule has 0 saturated carbocycles. The van der Waals surface area contributed by atoms with Gasteiger partial charge in [-0.25, -0.2) is 9.37 Å². The number of hydrogen-bond acceptors (Lipinski definition) is 6. The lowest BCUT2D eigenvalue weighted by atomic mass is 10.2. The summed E-state index contributed by atoms with van der Waals surface area (Å²) in [7, 11) is 1.56. The van der Waals surface area contributed by atoms with Gasteiger partial charge >= 0.3 is 0 Å². The number of aryl methyl sites for hydroxylation is 1. The molecule has 0 aliphatic rings. The van der Waals surface area contributed by atoms with E-state index in [2.05, 4.69) is 20.6 Å². The summed E-state index contributed by atoms with van der Waals surface area (Å²) in [6.45, 7) is 1.90. The third-order valence-electron chi connectivity index (χ3n) is 3.73. The molecule has 0 atom stereocenters. The van der Waals surface area contributed by atoms with Gasteiger partial charge in [0.2, 0.25) is 0 Å². The highest BCUT2D eigenvalue weighted by atomic mass is 19.1. The van der Waals surface area contributed by atoms with E-state index in [4.69, 9.17) is 10.5 Å². The Morgan fingerprint density at radius 2 is 1.78 bits per heavy atom. The maximum Gasteiger partial charge on any atom is 0.252 e. The Morgan fingerprint density at radius 3 is 2.44 bits per heavy atom. The van der Waals surface area contributed by atoms with Crippen LogP contribution in [0.3, 0.4) is 0 Å². The fraction of sp³-hybridized carbons (Fsp3) is 0.105. The van der Waals surface area contributed by atoms with Crippen LogP contribution in [0.5, 0.6) is 5.75 Å². The molecule has 2 heterocycles. The molecule has 27 heavy (non-hydrogen) atoms. The number of hydrogen-bond donors (Lipinski definition) is 3. The van der Waals surface area contributed by atoms with Gasteiger partial charge in [-0.2, -0.15) is 0 Å². The van der Waals surface area contributed by atoms with Crippen molar-refractivity contribution in [1.82, 2.24) is 9.97 Å². The largest absolute Gasteiger partial charge is 0.497 e. The quantitative estimate of drug-likeness (QED) is 0.616. The highest BCUT2D eigenvalue weighted by Gasteiger charge is 2.16. The Balaban J connectivity index is 2.00. The number of methoxy groups -OCH3 is 1. The van der Waals surface area contributed by atoms with E-state index in [-0.39, 0.29) is 17.2 Å². The average molecular weight is 367 g/mol. The standard InChI is InChI=1S/C19H18FN5O2/c1-11-7-13(9-14(8-11)27-2)24-18-15(17(21)26)10-16(20)19(25-18)23-12-3-5-22-6-4-12/h3-10H,1-2H3,(H2,21,26)(H2,22,23,24,25). The lowest BCUT2D eigenvalue weighted by Gasteiger charge is -2.14. The van der Waals surface area contributed by atoms with Crippen LogP contribution in [0.15, 0.2) is 48.8 Å². The van der Waals surface area contributed by atoms with E-state index < -0.39 is 11.7 Å². The van der Waals surface area contributed by atoms with Crippen molar-refractivity contribution in [3.8, 4) is 5.75 Å². The molecule has 1 aromatic carbocycles.